The Hall–Kier alpha value is -1.36. The van der Waals surface area contributed by atoms with Crippen molar-refractivity contribution < 1.29 is 14.6 Å². The number of carboxylic acids is 1. The molecule has 0 radical (unpaired) electrons. The summed E-state index contributed by atoms with van der Waals surface area (Å²) < 4.78 is 7.24. The van der Waals surface area contributed by atoms with Crippen LogP contribution in [-0.4, -0.2) is 33.8 Å². The van der Waals surface area contributed by atoms with Gasteiger partial charge in [-0.05, 0) is 12.8 Å². The Kier molecular flexibility index (Phi) is 3.01. The first-order valence-electron chi connectivity index (χ1n) is 5.08. The summed E-state index contributed by atoms with van der Waals surface area (Å²) in [6.07, 6.45) is 5.37. The molecule has 0 atom stereocenters. The molecule has 0 bridgehead atoms. The minimum absolute atomic E-state index is 0.00957. The van der Waals surface area contributed by atoms with Gasteiger partial charge in [0, 0.05) is 31.6 Å². The van der Waals surface area contributed by atoms with Crippen LogP contribution in [0.1, 0.15) is 24.7 Å². The van der Waals surface area contributed by atoms with E-state index >= 15 is 0 Å². The van der Waals surface area contributed by atoms with Crippen molar-refractivity contribution in [3.63, 3.8) is 0 Å². The molecule has 2 heterocycles. The molecule has 0 aliphatic carbocycles. The lowest BCUT2D eigenvalue weighted by Crippen LogP contribution is -2.21. The van der Waals surface area contributed by atoms with Gasteiger partial charge in [0.05, 0.1) is 0 Å². The Labute approximate surface area is 87.7 Å². The van der Waals surface area contributed by atoms with Crippen LogP contribution in [0.4, 0.5) is 0 Å². The normalized spacial score (nSPS) is 17.9. The molecule has 1 aliphatic heterocycles. The van der Waals surface area contributed by atoms with Crippen LogP contribution in [0.5, 0.6) is 0 Å². The fourth-order valence-corrected chi connectivity index (χ4v) is 1.91. The number of nitrogens with zero attached hydrogens (tertiary/aromatic N) is 2. The molecule has 1 aliphatic rings. The van der Waals surface area contributed by atoms with Gasteiger partial charge in [-0.25, -0.2) is 4.98 Å². The van der Waals surface area contributed by atoms with Gasteiger partial charge in [-0.2, -0.15) is 0 Å². The van der Waals surface area contributed by atoms with E-state index in [4.69, 9.17) is 9.84 Å². The quantitative estimate of drug-likeness (QED) is 0.803. The molecule has 1 N–H and O–H groups in total. The van der Waals surface area contributed by atoms with Crippen molar-refractivity contribution >= 4 is 5.97 Å². The van der Waals surface area contributed by atoms with Gasteiger partial charge in [0.25, 0.3) is 0 Å². The third-order valence-corrected chi connectivity index (χ3v) is 2.64. The molecule has 0 spiro atoms. The topological polar surface area (TPSA) is 64.3 Å². The van der Waals surface area contributed by atoms with E-state index in [2.05, 4.69) is 4.98 Å². The highest BCUT2D eigenvalue weighted by molar-refractivity contribution is 5.69. The molecule has 0 unspecified atom stereocenters. The zero-order chi connectivity index (χ0) is 10.7. The van der Waals surface area contributed by atoms with Gasteiger partial charge >= 0.3 is 5.97 Å². The van der Waals surface area contributed by atoms with Gasteiger partial charge in [-0.15, -0.1) is 0 Å². The molecule has 5 heteroatoms. The molecule has 82 valence electrons. The number of rotatable bonds is 3. The van der Waals surface area contributed by atoms with E-state index in [9.17, 15) is 4.79 Å². The summed E-state index contributed by atoms with van der Waals surface area (Å²) >= 11 is 0. The Morgan fingerprint density at radius 2 is 2.33 bits per heavy atom. The van der Waals surface area contributed by atoms with Gasteiger partial charge in [-0.3, -0.25) is 4.79 Å². The summed E-state index contributed by atoms with van der Waals surface area (Å²) in [5, 5.41) is 8.73. The summed E-state index contributed by atoms with van der Waals surface area (Å²) in [6.45, 7) is 1.49. The lowest BCUT2D eigenvalue weighted by molar-refractivity contribution is -0.136. The Morgan fingerprint density at radius 1 is 1.60 bits per heavy atom. The number of hydrogen-bond donors (Lipinski definition) is 1. The number of imidazole rings is 1. The van der Waals surface area contributed by atoms with E-state index in [1.807, 2.05) is 10.8 Å². The van der Waals surface area contributed by atoms with Crippen LogP contribution in [0, 0.1) is 0 Å². The monoisotopic (exact) mass is 210 g/mol. The van der Waals surface area contributed by atoms with Gasteiger partial charge < -0.3 is 14.4 Å². The zero-order valence-electron chi connectivity index (χ0n) is 8.43. The van der Waals surface area contributed by atoms with E-state index < -0.39 is 5.97 Å². The van der Waals surface area contributed by atoms with E-state index in [1.165, 1.54) is 0 Å². The number of carbonyl (C=O) groups is 1. The number of aromatic nitrogens is 2. The van der Waals surface area contributed by atoms with Gasteiger partial charge in [0.2, 0.25) is 0 Å². The van der Waals surface area contributed by atoms with Gasteiger partial charge in [-0.1, -0.05) is 0 Å². The Morgan fingerprint density at radius 3 is 3.00 bits per heavy atom. The fourth-order valence-electron chi connectivity index (χ4n) is 1.91. The molecule has 5 nitrogen and oxygen atoms in total. The smallest absolute Gasteiger partial charge is 0.311 e. The largest absolute Gasteiger partial charge is 0.481 e. The number of aliphatic carboxylic acids is 1. The van der Waals surface area contributed by atoms with Crippen molar-refractivity contribution in [2.75, 3.05) is 13.2 Å². The minimum Gasteiger partial charge on any atom is -0.481 e. The van der Waals surface area contributed by atoms with Crippen LogP contribution in [0.3, 0.4) is 0 Å². The minimum atomic E-state index is -0.838. The van der Waals surface area contributed by atoms with Crippen molar-refractivity contribution in [3.8, 4) is 0 Å². The van der Waals surface area contributed by atoms with Crippen LogP contribution < -0.4 is 0 Å². The van der Waals surface area contributed by atoms with Crippen molar-refractivity contribution in [2.24, 2.45) is 0 Å². The fraction of sp³-hybridized carbons (Fsp3) is 0.600. The first-order valence-corrected chi connectivity index (χ1v) is 5.08. The second-order valence-electron chi connectivity index (χ2n) is 3.66. The van der Waals surface area contributed by atoms with Crippen LogP contribution in [0.15, 0.2) is 12.4 Å². The highest BCUT2D eigenvalue weighted by atomic mass is 16.5. The SMILES string of the molecule is O=C(O)Cc1nccn1C1CCOCC1. The number of ether oxygens (including phenoxy) is 1. The highest BCUT2D eigenvalue weighted by Gasteiger charge is 2.18. The van der Waals surface area contributed by atoms with Gasteiger partial charge in [0.15, 0.2) is 0 Å². The second-order valence-corrected chi connectivity index (χ2v) is 3.66. The molecule has 0 aromatic carbocycles. The van der Waals surface area contributed by atoms with Crippen LogP contribution in [0.25, 0.3) is 0 Å². The van der Waals surface area contributed by atoms with Crippen LogP contribution in [-0.2, 0) is 16.0 Å². The highest BCUT2D eigenvalue weighted by Crippen LogP contribution is 2.22. The standard InChI is InChI=1S/C10H14N2O3/c13-10(14)7-9-11-3-4-12(9)8-1-5-15-6-2-8/h3-4,8H,1-2,5-7H2,(H,13,14). The molecule has 1 saturated heterocycles. The van der Waals surface area contributed by atoms with Gasteiger partial charge in [0.1, 0.15) is 12.2 Å². The third kappa shape index (κ3) is 2.36. The van der Waals surface area contributed by atoms with E-state index in [0.717, 1.165) is 26.1 Å². The predicted molar refractivity (Wildman–Crippen MR) is 52.7 cm³/mol. The van der Waals surface area contributed by atoms with Crippen molar-refractivity contribution in [1.82, 2.24) is 9.55 Å². The first-order chi connectivity index (χ1) is 7.27. The number of carboxylic acid groups (broad SMARTS) is 1. The van der Waals surface area contributed by atoms with E-state index in [0.29, 0.717) is 11.9 Å². The summed E-state index contributed by atoms with van der Waals surface area (Å²) in [5.74, 6) is -0.205. The van der Waals surface area contributed by atoms with Crippen molar-refractivity contribution in [1.29, 1.82) is 0 Å². The lowest BCUT2D eigenvalue weighted by atomic mass is 10.1. The summed E-state index contributed by atoms with van der Waals surface area (Å²) in [6, 6.07) is 0.343. The lowest BCUT2D eigenvalue weighted by Gasteiger charge is -2.24. The Balaban J connectivity index is 2.12. The number of hydrogen-bond acceptors (Lipinski definition) is 3. The summed E-state index contributed by atoms with van der Waals surface area (Å²) in [4.78, 5) is 14.7. The molecule has 2 rings (SSSR count). The maximum absolute atomic E-state index is 10.6. The second kappa shape index (κ2) is 4.44. The molecule has 0 amide bonds. The average molecular weight is 210 g/mol. The Bertz CT molecular complexity index is 342. The van der Waals surface area contributed by atoms with Crippen molar-refractivity contribution in [2.45, 2.75) is 25.3 Å². The summed E-state index contributed by atoms with van der Waals surface area (Å²) in [5.41, 5.74) is 0. The van der Waals surface area contributed by atoms with E-state index in [-0.39, 0.29) is 6.42 Å². The molecular formula is C10H14N2O3. The molecule has 0 saturated carbocycles. The first kappa shape index (κ1) is 10.2. The average Bonchev–Trinajstić information content (AvgIpc) is 2.66. The molecule has 1 aromatic heterocycles. The molecule has 1 aromatic rings. The third-order valence-electron chi connectivity index (χ3n) is 2.64. The van der Waals surface area contributed by atoms with E-state index in [1.54, 1.807) is 6.20 Å². The zero-order valence-corrected chi connectivity index (χ0v) is 8.43. The predicted octanol–water partition coefficient (Wildman–Crippen LogP) is 0.862. The van der Waals surface area contributed by atoms with Crippen molar-refractivity contribution in [3.05, 3.63) is 18.2 Å². The summed E-state index contributed by atoms with van der Waals surface area (Å²) in [7, 11) is 0. The maximum atomic E-state index is 10.6. The maximum Gasteiger partial charge on any atom is 0.311 e. The van der Waals surface area contributed by atoms with Crippen LogP contribution >= 0.6 is 0 Å². The molecule has 1 fully saturated rings. The molecular weight excluding hydrogens is 196 g/mol. The van der Waals surface area contributed by atoms with Crippen LogP contribution in [0.2, 0.25) is 0 Å². The molecule has 15 heavy (non-hydrogen) atoms.